The molecular formula is C22H27N3O2S. The number of nitrogens with zero attached hydrogens (tertiary/aromatic N) is 3. The maximum Gasteiger partial charge on any atom is 0.225 e. The van der Waals surface area contributed by atoms with Gasteiger partial charge in [-0.3, -0.25) is 9.20 Å². The van der Waals surface area contributed by atoms with Crippen molar-refractivity contribution in [1.82, 2.24) is 14.3 Å². The molecule has 4 rings (SSSR count). The van der Waals surface area contributed by atoms with Gasteiger partial charge in [0.15, 0.2) is 4.96 Å². The van der Waals surface area contributed by atoms with E-state index in [1.165, 1.54) is 5.69 Å². The van der Waals surface area contributed by atoms with Crippen molar-refractivity contribution in [3.05, 3.63) is 47.6 Å². The van der Waals surface area contributed by atoms with Gasteiger partial charge in [-0.2, -0.15) is 0 Å². The molecule has 0 spiro atoms. The molecule has 1 aliphatic rings. The Morgan fingerprint density at radius 2 is 2.18 bits per heavy atom. The van der Waals surface area contributed by atoms with E-state index in [4.69, 9.17) is 9.72 Å². The minimum absolute atomic E-state index is 0.00169. The summed E-state index contributed by atoms with van der Waals surface area (Å²) in [6.07, 6.45) is 5.24. The van der Waals surface area contributed by atoms with Crippen LogP contribution in [-0.2, 0) is 16.0 Å². The molecule has 6 heteroatoms. The van der Waals surface area contributed by atoms with Crippen LogP contribution in [0, 0.1) is 5.92 Å². The summed E-state index contributed by atoms with van der Waals surface area (Å²) >= 11 is 1.65. The van der Waals surface area contributed by atoms with Crippen molar-refractivity contribution in [2.45, 2.75) is 39.2 Å². The lowest BCUT2D eigenvalue weighted by Gasteiger charge is -2.27. The number of hydrogen-bond acceptors (Lipinski definition) is 4. The van der Waals surface area contributed by atoms with Gasteiger partial charge in [0.05, 0.1) is 11.8 Å². The number of imidazole rings is 1. The first-order valence-electron chi connectivity index (χ1n) is 10.0. The summed E-state index contributed by atoms with van der Waals surface area (Å²) in [5, 5.41) is 2.15. The van der Waals surface area contributed by atoms with Crippen molar-refractivity contribution in [3.8, 4) is 11.3 Å². The summed E-state index contributed by atoms with van der Waals surface area (Å²) in [4.78, 5) is 20.4. The van der Waals surface area contributed by atoms with Crippen LogP contribution >= 0.6 is 11.3 Å². The van der Waals surface area contributed by atoms with Crippen LogP contribution in [0.4, 0.5) is 0 Å². The lowest BCUT2D eigenvalue weighted by molar-refractivity contribution is -0.136. The summed E-state index contributed by atoms with van der Waals surface area (Å²) in [6.45, 7) is 6.16. The Morgan fingerprint density at radius 3 is 2.89 bits per heavy atom. The molecule has 1 amide bonds. The highest BCUT2D eigenvalue weighted by molar-refractivity contribution is 7.15. The van der Waals surface area contributed by atoms with E-state index in [1.807, 2.05) is 36.9 Å². The van der Waals surface area contributed by atoms with Crippen molar-refractivity contribution in [2.24, 2.45) is 5.92 Å². The number of carbonyl (C=O) groups is 1. The summed E-state index contributed by atoms with van der Waals surface area (Å²) in [5.41, 5.74) is 3.31. The molecule has 1 saturated heterocycles. The highest BCUT2D eigenvalue weighted by Crippen LogP contribution is 2.24. The second kappa shape index (κ2) is 8.45. The molecule has 0 radical (unpaired) electrons. The van der Waals surface area contributed by atoms with Crippen molar-refractivity contribution in [3.63, 3.8) is 0 Å². The van der Waals surface area contributed by atoms with Crippen LogP contribution in [0.1, 0.15) is 32.4 Å². The van der Waals surface area contributed by atoms with E-state index in [1.54, 1.807) is 11.3 Å². The average Bonchev–Trinajstić information content (AvgIpc) is 3.43. The Bertz CT molecular complexity index is 926. The molecule has 148 valence electrons. The normalized spacial score (nSPS) is 16.9. The van der Waals surface area contributed by atoms with Gasteiger partial charge < -0.3 is 9.64 Å². The van der Waals surface area contributed by atoms with E-state index in [2.05, 4.69) is 28.1 Å². The zero-order valence-electron chi connectivity index (χ0n) is 16.5. The third kappa shape index (κ3) is 4.13. The molecule has 0 N–H and O–H groups in total. The minimum Gasteiger partial charge on any atom is -0.376 e. The van der Waals surface area contributed by atoms with Crippen molar-refractivity contribution < 1.29 is 9.53 Å². The van der Waals surface area contributed by atoms with Crippen LogP contribution in [0.15, 0.2) is 41.9 Å². The Kier molecular flexibility index (Phi) is 5.78. The predicted octanol–water partition coefficient (Wildman–Crippen LogP) is 4.27. The molecule has 28 heavy (non-hydrogen) atoms. The molecule has 3 aromatic rings. The number of rotatable bonds is 7. The average molecular weight is 398 g/mol. The Hall–Kier alpha value is -2.18. The molecule has 0 unspecified atom stereocenters. The summed E-state index contributed by atoms with van der Waals surface area (Å²) in [7, 11) is 0. The van der Waals surface area contributed by atoms with Gasteiger partial charge in [0, 0.05) is 54.9 Å². The Balaban J connectivity index is 1.49. The number of thiazole rings is 1. The van der Waals surface area contributed by atoms with Gasteiger partial charge in [-0.15, -0.1) is 11.3 Å². The topological polar surface area (TPSA) is 46.8 Å². The Labute approximate surface area is 170 Å². The number of aromatic nitrogens is 2. The number of fused-ring (bicyclic) bond motifs is 1. The highest BCUT2D eigenvalue weighted by atomic mass is 32.1. The first-order valence-corrected chi connectivity index (χ1v) is 10.9. The second-order valence-electron chi connectivity index (χ2n) is 7.70. The van der Waals surface area contributed by atoms with Gasteiger partial charge in [0.25, 0.3) is 0 Å². The number of benzene rings is 1. The highest BCUT2D eigenvalue weighted by Gasteiger charge is 2.24. The van der Waals surface area contributed by atoms with Crippen molar-refractivity contribution >= 4 is 22.2 Å². The number of ether oxygens (including phenoxy) is 1. The summed E-state index contributed by atoms with van der Waals surface area (Å²) in [6, 6.07) is 10.2. The van der Waals surface area contributed by atoms with Crippen LogP contribution in [0.25, 0.3) is 16.2 Å². The van der Waals surface area contributed by atoms with Crippen LogP contribution in [0.3, 0.4) is 0 Å². The smallest absolute Gasteiger partial charge is 0.225 e. The minimum atomic E-state index is 0.00169. The van der Waals surface area contributed by atoms with E-state index in [-0.39, 0.29) is 17.9 Å². The van der Waals surface area contributed by atoms with Gasteiger partial charge in [0.1, 0.15) is 0 Å². The van der Waals surface area contributed by atoms with Gasteiger partial charge in [-0.1, -0.05) is 44.2 Å². The molecule has 1 aromatic carbocycles. The standard InChI is InChI=1S/C22H27N3O2S/c1-16(2)21(26)24(13-19-9-6-12-27-19)11-10-18-15-28-22-23-20(14-25(18)22)17-7-4-3-5-8-17/h3-5,7-8,14-16,19H,6,9-13H2,1-2H3/t19-/m0/s1. The van der Waals surface area contributed by atoms with E-state index in [0.717, 1.165) is 42.1 Å². The fraction of sp³-hybridized carbons (Fsp3) is 0.455. The van der Waals surface area contributed by atoms with Gasteiger partial charge in [-0.05, 0) is 12.8 Å². The second-order valence-corrected chi connectivity index (χ2v) is 8.53. The number of carbonyl (C=O) groups excluding carboxylic acids is 1. The van der Waals surface area contributed by atoms with E-state index in [9.17, 15) is 4.79 Å². The molecule has 1 atom stereocenters. The predicted molar refractivity (Wildman–Crippen MR) is 113 cm³/mol. The molecule has 3 heterocycles. The summed E-state index contributed by atoms with van der Waals surface area (Å²) < 4.78 is 7.93. The molecule has 2 aromatic heterocycles. The maximum atomic E-state index is 12.7. The van der Waals surface area contributed by atoms with Crippen LogP contribution in [-0.4, -0.2) is 46.0 Å². The largest absolute Gasteiger partial charge is 0.376 e. The lowest BCUT2D eigenvalue weighted by atomic mass is 10.1. The molecule has 0 aliphatic carbocycles. The fourth-order valence-corrected chi connectivity index (χ4v) is 4.60. The first kappa shape index (κ1) is 19.2. The maximum absolute atomic E-state index is 12.7. The molecule has 0 saturated carbocycles. The van der Waals surface area contributed by atoms with Crippen LogP contribution in [0.5, 0.6) is 0 Å². The zero-order chi connectivity index (χ0) is 19.5. The van der Waals surface area contributed by atoms with Gasteiger partial charge >= 0.3 is 0 Å². The van der Waals surface area contributed by atoms with Crippen molar-refractivity contribution in [2.75, 3.05) is 19.7 Å². The molecule has 0 bridgehead atoms. The quantitative estimate of drug-likeness (QED) is 0.598. The van der Waals surface area contributed by atoms with E-state index in [0.29, 0.717) is 13.1 Å². The monoisotopic (exact) mass is 397 g/mol. The number of amides is 1. The first-order chi connectivity index (χ1) is 13.6. The van der Waals surface area contributed by atoms with Gasteiger partial charge in [-0.25, -0.2) is 4.98 Å². The zero-order valence-corrected chi connectivity index (χ0v) is 17.3. The fourth-order valence-electron chi connectivity index (χ4n) is 3.70. The van der Waals surface area contributed by atoms with Crippen LogP contribution in [0.2, 0.25) is 0 Å². The molecule has 1 fully saturated rings. The van der Waals surface area contributed by atoms with E-state index >= 15 is 0 Å². The summed E-state index contributed by atoms with van der Waals surface area (Å²) in [5.74, 6) is 0.208. The molecule has 5 nitrogen and oxygen atoms in total. The SMILES string of the molecule is CC(C)C(=O)N(CCc1csc2nc(-c3ccccc3)cn12)C[C@@H]1CCCO1. The Morgan fingerprint density at radius 1 is 1.36 bits per heavy atom. The number of hydrogen-bond donors (Lipinski definition) is 0. The van der Waals surface area contributed by atoms with Crippen molar-refractivity contribution in [1.29, 1.82) is 0 Å². The van der Waals surface area contributed by atoms with E-state index < -0.39 is 0 Å². The lowest BCUT2D eigenvalue weighted by Crippen LogP contribution is -2.41. The van der Waals surface area contributed by atoms with Gasteiger partial charge in [0.2, 0.25) is 5.91 Å². The van der Waals surface area contributed by atoms with Crippen LogP contribution < -0.4 is 0 Å². The molecule has 1 aliphatic heterocycles. The third-order valence-corrected chi connectivity index (χ3v) is 6.13. The molecular weight excluding hydrogens is 370 g/mol. The third-order valence-electron chi connectivity index (χ3n) is 5.24.